The molecule has 0 unspecified atom stereocenters. The number of nitrogens with zero attached hydrogens (tertiary/aromatic N) is 1. The number of benzene rings is 2. The minimum Gasteiger partial charge on any atom is -0.493 e. The van der Waals surface area contributed by atoms with Crippen LogP contribution in [0.15, 0.2) is 30.3 Å². The second kappa shape index (κ2) is 8.99. The van der Waals surface area contributed by atoms with E-state index in [1.54, 1.807) is 19.1 Å². The number of amides is 3. The monoisotopic (exact) mass is 460 g/mol. The van der Waals surface area contributed by atoms with Crippen molar-refractivity contribution in [2.45, 2.75) is 32.9 Å². The molecule has 0 radical (unpaired) electrons. The Kier molecular flexibility index (Phi) is 6.54. The zero-order valence-corrected chi connectivity index (χ0v) is 19.0. The fraction of sp³-hybridized carbons (Fsp3) is 0.318. The first-order chi connectivity index (χ1) is 15.1. The van der Waals surface area contributed by atoms with E-state index in [-0.39, 0.29) is 21.1 Å². The summed E-state index contributed by atoms with van der Waals surface area (Å²) in [5, 5.41) is 2.57. The van der Waals surface area contributed by atoms with Gasteiger partial charge in [0, 0.05) is 6.92 Å². The smallest absolute Gasteiger partial charge is 0.277 e. The molecule has 10 heteroatoms. The van der Waals surface area contributed by atoms with Crippen LogP contribution in [0.5, 0.6) is 11.5 Å². The Morgan fingerprint density at radius 1 is 1.06 bits per heavy atom. The van der Waals surface area contributed by atoms with E-state index in [0.717, 1.165) is 0 Å². The lowest BCUT2D eigenvalue weighted by molar-refractivity contribution is -0.114. The van der Waals surface area contributed by atoms with E-state index in [2.05, 4.69) is 5.32 Å². The van der Waals surface area contributed by atoms with Crippen LogP contribution in [0, 0.1) is 0 Å². The molecule has 0 aromatic heterocycles. The largest absolute Gasteiger partial charge is 0.493 e. The molecule has 0 spiro atoms. The molecule has 170 valence electrons. The molecule has 1 N–H and O–H groups in total. The van der Waals surface area contributed by atoms with Crippen molar-refractivity contribution in [2.24, 2.45) is 0 Å². The zero-order valence-electron chi connectivity index (χ0n) is 18.2. The number of aryl methyl sites for hydroxylation is 1. The van der Waals surface area contributed by atoms with Crippen molar-refractivity contribution >= 4 is 33.4 Å². The first-order valence-electron chi connectivity index (χ1n) is 9.99. The number of methoxy groups -OCH3 is 1. The molecule has 9 nitrogen and oxygen atoms in total. The van der Waals surface area contributed by atoms with Crippen LogP contribution in [-0.4, -0.2) is 44.2 Å². The van der Waals surface area contributed by atoms with Crippen molar-refractivity contribution in [1.29, 1.82) is 0 Å². The molecule has 0 atom stereocenters. The lowest BCUT2D eigenvalue weighted by Gasteiger charge is -2.16. The molecule has 32 heavy (non-hydrogen) atoms. The van der Waals surface area contributed by atoms with E-state index in [9.17, 15) is 22.8 Å². The predicted molar refractivity (Wildman–Crippen MR) is 117 cm³/mol. The lowest BCUT2D eigenvalue weighted by Crippen LogP contribution is -2.37. The van der Waals surface area contributed by atoms with Gasteiger partial charge in [0.1, 0.15) is 0 Å². The zero-order chi connectivity index (χ0) is 23.6. The molecule has 2 aromatic carbocycles. The number of ether oxygens (including phenoxy) is 2. The number of fused-ring (bicyclic) bond motifs is 1. The van der Waals surface area contributed by atoms with Gasteiger partial charge in [0.15, 0.2) is 11.5 Å². The summed E-state index contributed by atoms with van der Waals surface area (Å²) in [6, 6.07) is 7.59. The third kappa shape index (κ3) is 4.18. The third-order valence-electron chi connectivity index (χ3n) is 4.94. The summed E-state index contributed by atoms with van der Waals surface area (Å²) < 4.78 is 37.2. The number of hydrogen-bond acceptors (Lipinski definition) is 7. The fourth-order valence-corrected chi connectivity index (χ4v) is 4.99. The van der Waals surface area contributed by atoms with Gasteiger partial charge in [0.05, 0.1) is 36.3 Å². The molecule has 3 rings (SSSR count). The second-order valence-corrected chi connectivity index (χ2v) is 8.92. The predicted octanol–water partition coefficient (Wildman–Crippen LogP) is 2.74. The molecule has 0 bridgehead atoms. The number of carbonyl (C=O) groups is 3. The minimum absolute atomic E-state index is 0.0655. The number of imide groups is 1. The number of carbonyl (C=O) groups excluding carboxylic acids is 3. The third-order valence-corrected chi connectivity index (χ3v) is 6.53. The molecular weight excluding hydrogens is 436 g/mol. The van der Waals surface area contributed by atoms with Gasteiger partial charge >= 0.3 is 0 Å². The molecule has 0 saturated heterocycles. The molecule has 0 fully saturated rings. The molecule has 1 aliphatic heterocycles. The highest BCUT2D eigenvalue weighted by Crippen LogP contribution is 2.35. The van der Waals surface area contributed by atoms with Crippen molar-refractivity contribution in [3.8, 4) is 11.5 Å². The van der Waals surface area contributed by atoms with Crippen molar-refractivity contribution in [3.63, 3.8) is 0 Å². The van der Waals surface area contributed by atoms with Gasteiger partial charge in [0.2, 0.25) is 15.9 Å². The highest BCUT2D eigenvalue weighted by Gasteiger charge is 2.45. The molecule has 1 heterocycles. The molecular formula is C22H24N2O7S. The highest BCUT2D eigenvalue weighted by atomic mass is 32.2. The maximum absolute atomic E-state index is 13.1. The van der Waals surface area contributed by atoms with Crippen LogP contribution in [0.1, 0.15) is 52.6 Å². The van der Waals surface area contributed by atoms with Crippen LogP contribution in [0.2, 0.25) is 0 Å². The first kappa shape index (κ1) is 23.3. The average Bonchev–Trinajstić information content (AvgIpc) is 2.99. The SMILES string of the molecule is CCOc1cc(CS(=O)(=O)N2C(=O)c3ccc(CC)c(NC(C)=O)c3C2=O)ccc1OC. The molecule has 3 amide bonds. The van der Waals surface area contributed by atoms with Gasteiger partial charge in [-0.2, -0.15) is 4.31 Å². The molecule has 1 aliphatic rings. The Bertz CT molecular complexity index is 1210. The van der Waals surface area contributed by atoms with E-state index in [1.807, 2.05) is 6.92 Å². The van der Waals surface area contributed by atoms with Crippen LogP contribution in [0.3, 0.4) is 0 Å². The highest BCUT2D eigenvalue weighted by molar-refractivity contribution is 7.89. The Labute approximate surface area is 186 Å². The van der Waals surface area contributed by atoms with E-state index in [0.29, 0.717) is 35.7 Å². The average molecular weight is 461 g/mol. The molecule has 0 aliphatic carbocycles. The van der Waals surface area contributed by atoms with Crippen LogP contribution in [0.4, 0.5) is 5.69 Å². The van der Waals surface area contributed by atoms with Gasteiger partial charge in [-0.05, 0) is 42.7 Å². The molecule has 0 saturated carbocycles. The van der Waals surface area contributed by atoms with Crippen LogP contribution in [0.25, 0.3) is 0 Å². The first-order valence-corrected chi connectivity index (χ1v) is 11.6. The van der Waals surface area contributed by atoms with Gasteiger partial charge in [-0.25, -0.2) is 8.42 Å². The fourth-order valence-electron chi connectivity index (χ4n) is 3.57. The van der Waals surface area contributed by atoms with Crippen molar-refractivity contribution in [3.05, 3.63) is 52.6 Å². The summed E-state index contributed by atoms with van der Waals surface area (Å²) in [6.07, 6.45) is 0.475. The lowest BCUT2D eigenvalue weighted by atomic mass is 10.0. The topological polar surface area (TPSA) is 119 Å². The van der Waals surface area contributed by atoms with Gasteiger partial charge in [-0.1, -0.05) is 19.1 Å². The Morgan fingerprint density at radius 2 is 1.78 bits per heavy atom. The van der Waals surface area contributed by atoms with Crippen LogP contribution >= 0.6 is 0 Å². The van der Waals surface area contributed by atoms with Gasteiger partial charge in [-0.3, -0.25) is 14.4 Å². The standard InChI is InChI=1S/C22H24N2O7S/c1-5-15-8-9-16-19(20(15)23-13(3)25)22(27)24(21(16)26)32(28,29)12-14-7-10-17(30-4)18(11-14)31-6-2/h7-11H,5-6,12H2,1-4H3,(H,23,25). The summed E-state index contributed by atoms with van der Waals surface area (Å²) in [4.78, 5) is 37.7. The van der Waals surface area contributed by atoms with Gasteiger partial charge in [-0.15, -0.1) is 0 Å². The Morgan fingerprint density at radius 3 is 2.38 bits per heavy atom. The van der Waals surface area contributed by atoms with Crippen molar-refractivity contribution < 1.29 is 32.3 Å². The van der Waals surface area contributed by atoms with Crippen LogP contribution < -0.4 is 14.8 Å². The van der Waals surface area contributed by atoms with E-state index >= 15 is 0 Å². The maximum atomic E-state index is 13.1. The summed E-state index contributed by atoms with van der Waals surface area (Å²) in [5.41, 5.74) is 0.928. The van der Waals surface area contributed by atoms with E-state index in [4.69, 9.17) is 9.47 Å². The van der Waals surface area contributed by atoms with Crippen LogP contribution in [-0.2, 0) is 27.0 Å². The number of rotatable bonds is 8. The number of sulfonamides is 1. The summed E-state index contributed by atoms with van der Waals surface area (Å²) >= 11 is 0. The number of hydrogen-bond donors (Lipinski definition) is 1. The Hall–Kier alpha value is -3.40. The summed E-state index contributed by atoms with van der Waals surface area (Å²) in [6.45, 7) is 5.21. The van der Waals surface area contributed by atoms with Gasteiger partial charge in [0.25, 0.3) is 11.8 Å². The minimum atomic E-state index is -4.37. The molecule has 2 aromatic rings. The summed E-state index contributed by atoms with van der Waals surface area (Å²) in [7, 11) is -2.91. The summed E-state index contributed by atoms with van der Waals surface area (Å²) in [5.74, 6) is -2.18. The maximum Gasteiger partial charge on any atom is 0.277 e. The second-order valence-electron chi connectivity index (χ2n) is 7.11. The van der Waals surface area contributed by atoms with Crippen molar-refractivity contribution in [1.82, 2.24) is 4.31 Å². The van der Waals surface area contributed by atoms with E-state index < -0.39 is 33.5 Å². The number of nitrogens with one attached hydrogen (secondary N) is 1. The van der Waals surface area contributed by atoms with Gasteiger partial charge < -0.3 is 14.8 Å². The van der Waals surface area contributed by atoms with E-state index in [1.165, 1.54) is 32.2 Å². The van der Waals surface area contributed by atoms with Crippen molar-refractivity contribution in [2.75, 3.05) is 19.0 Å². The number of anilines is 1. The normalized spacial score (nSPS) is 13.2. The Balaban J connectivity index is 2.01. The quantitative estimate of drug-likeness (QED) is 0.602.